The average Bonchev–Trinajstić information content (AvgIpc) is 2.47. The van der Waals surface area contributed by atoms with Crippen LogP contribution in [0.2, 0.25) is 5.02 Å². The Morgan fingerprint density at radius 1 is 1.45 bits per heavy atom. The number of hydrogen-bond donors (Lipinski definition) is 2. The van der Waals surface area contributed by atoms with E-state index in [1.165, 1.54) is 13.3 Å². The number of benzene rings is 1. The average molecular weight is 296 g/mol. The highest BCUT2D eigenvalue weighted by Gasteiger charge is 2.17. The van der Waals surface area contributed by atoms with Crippen LogP contribution in [0.15, 0.2) is 36.7 Å². The molecule has 0 spiro atoms. The van der Waals surface area contributed by atoms with E-state index in [0.29, 0.717) is 17.0 Å². The van der Waals surface area contributed by atoms with Gasteiger partial charge >= 0.3 is 0 Å². The fraction of sp³-hybridized carbons (Fsp3) is 0.214. The molecule has 3 N–H and O–H groups in total. The van der Waals surface area contributed by atoms with Crippen LogP contribution >= 0.6 is 11.6 Å². The van der Waals surface area contributed by atoms with E-state index >= 15 is 0 Å². The minimum Gasteiger partial charge on any atom is -0.494 e. The van der Waals surface area contributed by atoms with Crippen LogP contribution < -0.4 is 16.0 Å². The van der Waals surface area contributed by atoms with Gasteiger partial charge in [0.15, 0.2) is 11.6 Å². The molecule has 1 aromatic heterocycles. The normalized spacial score (nSPS) is 12.2. The van der Waals surface area contributed by atoms with Gasteiger partial charge in [0, 0.05) is 12.4 Å². The molecule has 20 heavy (non-hydrogen) atoms. The Hall–Kier alpha value is -1.69. The Kier molecular flexibility index (Phi) is 4.89. The number of nitrogens with zero attached hydrogens (tertiary/aromatic N) is 1. The second-order valence-electron chi connectivity index (χ2n) is 4.25. The summed E-state index contributed by atoms with van der Waals surface area (Å²) in [5.74, 6) is 5.38. The zero-order valence-corrected chi connectivity index (χ0v) is 11.7. The monoisotopic (exact) mass is 295 g/mol. The van der Waals surface area contributed by atoms with Crippen molar-refractivity contribution in [2.75, 3.05) is 7.11 Å². The first kappa shape index (κ1) is 14.7. The van der Waals surface area contributed by atoms with Crippen LogP contribution in [0.4, 0.5) is 4.39 Å². The Morgan fingerprint density at radius 2 is 2.25 bits per heavy atom. The lowest BCUT2D eigenvalue weighted by Crippen LogP contribution is -2.30. The van der Waals surface area contributed by atoms with Crippen LogP contribution in [0.5, 0.6) is 5.75 Å². The largest absolute Gasteiger partial charge is 0.494 e. The van der Waals surface area contributed by atoms with E-state index in [0.717, 1.165) is 5.56 Å². The molecule has 0 aliphatic rings. The predicted molar refractivity (Wildman–Crippen MR) is 76.0 cm³/mol. The minimum absolute atomic E-state index is 0.207. The molecular weight excluding hydrogens is 281 g/mol. The molecule has 0 bridgehead atoms. The molecule has 0 aliphatic heterocycles. The van der Waals surface area contributed by atoms with Gasteiger partial charge in [-0.3, -0.25) is 16.3 Å². The van der Waals surface area contributed by atoms with Crippen molar-refractivity contribution in [2.24, 2.45) is 5.84 Å². The summed E-state index contributed by atoms with van der Waals surface area (Å²) in [5.41, 5.74) is 3.92. The second-order valence-corrected chi connectivity index (χ2v) is 4.66. The summed E-state index contributed by atoms with van der Waals surface area (Å²) in [7, 11) is 1.43. The lowest BCUT2D eigenvalue weighted by Gasteiger charge is -2.18. The van der Waals surface area contributed by atoms with E-state index in [1.54, 1.807) is 30.5 Å². The van der Waals surface area contributed by atoms with Crippen LogP contribution in [0.25, 0.3) is 0 Å². The molecule has 0 radical (unpaired) electrons. The van der Waals surface area contributed by atoms with Crippen LogP contribution in [0.1, 0.15) is 17.2 Å². The van der Waals surface area contributed by atoms with E-state index < -0.39 is 0 Å². The second kappa shape index (κ2) is 6.65. The summed E-state index contributed by atoms with van der Waals surface area (Å²) in [6.45, 7) is 0. The van der Waals surface area contributed by atoms with Gasteiger partial charge in [-0.2, -0.15) is 0 Å². The molecule has 4 nitrogen and oxygen atoms in total. The van der Waals surface area contributed by atoms with Crippen molar-refractivity contribution in [1.82, 2.24) is 10.4 Å². The van der Waals surface area contributed by atoms with Gasteiger partial charge in [0.25, 0.3) is 0 Å². The third kappa shape index (κ3) is 3.07. The summed E-state index contributed by atoms with van der Waals surface area (Å²) >= 11 is 6.09. The van der Waals surface area contributed by atoms with Crippen LogP contribution in [0, 0.1) is 5.82 Å². The molecule has 0 fully saturated rings. The topological polar surface area (TPSA) is 60.2 Å². The number of hydrazine groups is 1. The number of halogens is 2. The molecule has 1 aromatic carbocycles. The van der Waals surface area contributed by atoms with Crippen molar-refractivity contribution < 1.29 is 9.13 Å². The van der Waals surface area contributed by atoms with Gasteiger partial charge < -0.3 is 4.74 Å². The van der Waals surface area contributed by atoms with E-state index in [1.807, 2.05) is 0 Å². The number of nitrogens with two attached hydrogens (primary N) is 1. The van der Waals surface area contributed by atoms with Crippen LogP contribution in [0.3, 0.4) is 0 Å². The molecule has 1 unspecified atom stereocenters. The fourth-order valence-electron chi connectivity index (χ4n) is 2.02. The smallest absolute Gasteiger partial charge is 0.168 e. The molecule has 0 aliphatic carbocycles. The quantitative estimate of drug-likeness (QED) is 0.657. The molecule has 0 amide bonds. The molecule has 0 saturated carbocycles. The van der Waals surface area contributed by atoms with E-state index in [9.17, 15) is 4.39 Å². The lowest BCUT2D eigenvalue weighted by molar-refractivity contribution is 0.382. The molecule has 6 heteroatoms. The van der Waals surface area contributed by atoms with Crippen molar-refractivity contribution in [3.8, 4) is 5.75 Å². The standard InChI is InChI=1S/C14H15ClFN3O/c1-20-13-4-2-3-9(14(13)16)7-12(19-17)10-5-6-18-8-11(10)15/h2-6,8,12,19H,7,17H2,1H3. The summed E-state index contributed by atoms with van der Waals surface area (Å²) < 4.78 is 19.1. The number of rotatable bonds is 5. The number of nitrogens with one attached hydrogen (secondary N) is 1. The third-order valence-corrected chi connectivity index (χ3v) is 3.38. The van der Waals surface area contributed by atoms with Gasteiger partial charge in [0.1, 0.15) is 0 Å². The minimum atomic E-state index is -0.388. The van der Waals surface area contributed by atoms with E-state index in [2.05, 4.69) is 10.4 Å². The van der Waals surface area contributed by atoms with Crippen LogP contribution in [-0.4, -0.2) is 12.1 Å². The summed E-state index contributed by atoms with van der Waals surface area (Å²) in [6.07, 6.45) is 3.50. The molecular formula is C14H15ClFN3O. The zero-order chi connectivity index (χ0) is 14.5. The number of pyridine rings is 1. The van der Waals surface area contributed by atoms with Gasteiger partial charge in [-0.05, 0) is 29.7 Å². The summed E-state index contributed by atoms with van der Waals surface area (Å²) in [5, 5.41) is 0.485. The Labute approximate surface area is 121 Å². The van der Waals surface area contributed by atoms with Gasteiger partial charge in [-0.15, -0.1) is 0 Å². The maximum Gasteiger partial charge on any atom is 0.168 e. The molecule has 0 saturated heterocycles. The maximum absolute atomic E-state index is 14.1. The van der Waals surface area contributed by atoms with Gasteiger partial charge in [0.05, 0.1) is 18.2 Å². The van der Waals surface area contributed by atoms with Crippen molar-refractivity contribution in [3.05, 3.63) is 58.6 Å². The first-order chi connectivity index (χ1) is 9.67. The van der Waals surface area contributed by atoms with Crippen molar-refractivity contribution in [1.29, 1.82) is 0 Å². The zero-order valence-electron chi connectivity index (χ0n) is 10.9. The highest BCUT2D eigenvalue weighted by atomic mass is 35.5. The van der Waals surface area contributed by atoms with Crippen molar-refractivity contribution >= 4 is 11.6 Å². The van der Waals surface area contributed by atoms with Gasteiger partial charge in [-0.1, -0.05) is 23.7 Å². The molecule has 2 aromatic rings. The Morgan fingerprint density at radius 3 is 2.90 bits per heavy atom. The number of methoxy groups -OCH3 is 1. The van der Waals surface area contributed by atoms with Gasteiger partial charge in [-0.25, -0.2) is 4.39 Å². The van der Waals surface area contributed by atoms with Crippen molar-refractivity contribution in [3.63, 3.8) is 0 Å². The maximum atomic E-state index is 14.1. The Bertz CT molecular complexity index is 594. The first-order valence-electron chi connectivity index (χ1n) is 6.04. The van der Waals surface area contributed by atoms with E-state index in [-0.39, 0.29) is 17.6 Å². The highest BCUT2D eigenvalue weighted by molar-refractivity contribution is 6.31. The Balaban J connectivity index is 2.30. The number of ether oxygens (including phenoxy) is 1. The molecule has 106 valence electrons. The number of aromatic nitrogens is 1. The molecule has 2 rings (SSSR count). The number of hydrogen-bond acceptors (Lipinski definition) is 4. The first-order valence-corrected chi connectivity index (χ1v) is 6.42. The third-order valence-electron chi connectivity index (χ3n) is 3.07. The molecule has 1 atom stereocenters. The van der Waals surface area contributed by atoms with Gasteiger partial charge in [0.2, 0.25) is 0 Å². The summed E-state index contributed by atoms with van der Waals surface area (Å²) in [6, 6.07) is 6.44. The SMILES string of the molecule is COc1cccc(CC(NN)c2ccncc2Cl)c1F. The predicted octanol–water partition coefficient (Wildman–Crippen LogP) is 2.63. The van der Waals surface area contributed by atoms with E-state index in [4.69, 9.17) is 22.2 Å². The molecule has 1 heterocycles. The summed E-state index contributed by atoms with van der Waals surface area (Å²) in [4.78, 5) is 3.92. The van der Waals surface area contributed by atoms with Crippen molar-refractivity contribution in [2.45, 2.75) is 12.5 Å². The van der Waals surface area contributed by atoms with Crippen LogP contribution in [-0.2, 0) is 6.42 Å². The highest BCUT2D eigenvalue weighted by Crippen LogP contribution is 2.27. The lowest BCUT2D eigenvalue weighted by atomic mass is 9.99. The fourth-order valence-corrected chi connectivity index (χ4v) is 2.27.